The number of hydrogen-bond acceptors (Lipinski definition) is 16. The van der Waals surface area contributed by atoms with Crippen LogP contribution in [0.15, 0.2) is 42.5 Å². The van der Waals surface area contributed by atoms with Crippen LogP contribution >= 0.6 is 0 Å². The summed E-state index contributed by atoms with van der Waals surface area (Å²) in [6.45, 7) is -0.770. The van der Waals surface area contributed by atoms with Gasteiger partial charge in [0.15, 0.2) is 46.0 Å². The molecule has 17 nitrogen and oxygen atoms in total. The SMILES string of the molecule is COC(=O)c1c(OS(=O)(=O)C(F)(F)F)c2c(c3cc(OC)c(OC)cc13)c1c3cc(OC)c(OC)cc3c(C(=O)OC)c(OS(=O)(=O)C(F)(F)F)c1n2CCc1ccc(O)c(O)c1. The fraction of sp³-hybridized carbons (Fsp3) is 0.263. The maximum Gasteiger partial charge on any atom is 0.534 e. The predicted octanol–water partition coefficient (Wildman–Crippen LogP) is 6.82. The summed E-state index contributed by atoms with van der Waals surface area (Å²) in [5.74, 6) is -8.00. The molecule has 6 aromatic rings. The molecule has 0 spiro atoms. The van der Waals surface area contributed by atoms with Gasteiger partial charge in [0.2, 0.25) is 0 Å². The molecule has 1 aromatic heterocycles. The molecule has 6 rings (SSSR count). The summed E-state index contributed by atoms with van der Waals surface area (Å²) in [5.41, 5.74) is -16.1. The minimum Gasteiger partial charge on any atom is -0.504 e. The number of rotatable bonds is 13. The summed E-state index contributed by atoms with van der Waals surface area (Å²) >= 11 is 0. The number of carbonyl (C=O) groups is 2. The molecule has 0 amide bonds. The monoisotopic (exact) mass is 935 g/mol. The number of esters is 2. The van der Waals surface area contributed by atoms with Gasteiger partial charge in [-0.25, -0.2) is 9.59 Å². The molecule has 0 aliphatic heterocycles. The van der Waals surface area contributed by atoms with Crippen LogP contribution in [0.4, 0.5) is 26.3 Å². The van der Waals surface area contributed by atoms with E-state index in [0.717, 1.165) is 83.6 Å². The van der Waals surface area contributed by atoms with Gasteiger partial charge in [0, 0.05) is 28.1 Å². The highest BCUT2D eigenvalue weighted by molar-refractivity contribution is 7.88. The van der Waals surface area contributed by atoms with E-state index in [0.29, 0.717) is 0 Å². The number of fused-ring (bicyclic) bond motifs is 7. The summed E-state index contributed by atoms with van der Waals surface area (Å²) in [6, 6.07) is 7.63. The fourth-order valence-corrected chi connectivity index (χ4v) is 7.91. The predicted molar refractivity (Wildman–Crippen MR) is 208 cm³/mol. The second-order valence-electron chi connectivity index (χ2n) is 13.0. The van der Waals surface area contributed by atoms with Crippen molar-refractivity contribution in [3.8, 4) is 46.0 Å². The van der Waals surface area contributed by atoms with Crippen LogP contribution in [0.2, 0.25) is 0 Å². The Bertz CT molecular complexity index is 2930. The zero-order valence-corrected chi connectivity index (χ0v) is 34.7. The normalized spacial score (nSPS) is 12.4. The van der Waals surface area contributed by atoms with Crippen LogP contribution in [-0.2, 0) is 42.7 Å². The third-order valence-corrected chi connectivity index (χ3v) is 11.6. The molecule has 1 heterocycles. The second-order valence-corrected chi connectivity index (χ2v) is 16.1. The van der Waals surface area contributed by atoms with Crippen LogP contribution in [-0.4, -0.2) is 97.2 Å². The highest BCUT2D eigenvalue weighted by Crippen LogP contribution is 2.54. The van der Waals surface area contributed by atoms with Gasteiger partial charge in [0.25, 0.3) is 0 Å². The Morgan fingerprint density at radius 3 is 1.25 bits per heavy atom. The molecule has 0 radical (unpaired) electrons. The molecule has 0 aliphatic rings. The standard InChI is InChI=1S/C38H31F6NO16S2/c1-54-23-12-17-19(14-25(23)56-3)29(35(48)58-5)33(60-62(50,51)37(39,40)41)31-27(17)28-18-13-24(55-2)26(57-4)15-20(18)30(36(49)59-6)34(61-63(52,53)38(42,43)44)32(28)45(31)10-9-16-7-8-21(46)22(47)11-16/h7-8,11-15,46-47H,9-10H2,1-6H3. The number of hydrogen-bond donors (Lipinski definition) is 2. The van der Waals surface area contributed by atoms with Crippen LogP contribution in [0, 0.1) is 0 Å². The first-order chi connectivity index (χ1) is 29.4. The van der Waals surface area contributed by atoms with E-state index < -0.39 is 123 Å². The number of aromatic nitrogens is 1. The van der Waals surface area contributed by atoms with Gasteiger partial charge in [-0.3, -0.25) is 0 Å². The number of benzene rings is 5. The first-order valence-corrected chi connectivity index (χ1v) is 20.2. The van der Waals surface area contributed by atoms with Crippen molar-refractivity contribution in [2.24, 2.45) is 0 Å². The number of ether oxygens (including phenoxy) is 6. The van der Waals surface area contributed by atoms with E-state index in [1.807, 2.05) is 0 Å². The van der Waals surface area contributed by atoms with Crippen LogP contribution in [0.25, 0.3) is 43.4 Å². The third kappa shape index (κ3) is 7.63. The van der Waals surface area contributed by atoms with E-state index in [4.69, 9.17) is 36.8 Å². The van der Waals surface area contributed by atoms with E-state index in [-0.39, 0.29) is 39.3 Å². The number of phenols is 2. The molecule has 0 unspecified atom stereocenters. The summed E-state index contributed by atoms with van der Waals surface area (Å²) < 4.78 is 180. The molecule has 63 heavy (non-hydrogen) atoms. The van der Waals surface area contributed by atoms with Gasteiger partial charge in [0.05, 0.1) is 53.7 Å². The molecule has 5 aromatic carbocycles. The van der Waals surface area contributed by atoms with Crippen LogP contribution < -0.4 is 27.3 Å². The van der Waals surface area contributed by atoms with Gasteiger partial charge >= 0.3 is 43.2 Å². The van der Waals surface area contributed by atoms with Crippen molar-refractivity contribution in [3.63, 3.8) is 0 Å². The van der Waals surface area contributed by atoms with Crippen molar-refractivity contribution in [3.05, 3.63) is 59.2 Å². The highest BCUT2D eigenvalue weighted by Gasteiger charge is 2.51. The Morgan fingerprint density at radius 1 is 0.571 bits per heavy atom. The Balaban J connectivity index is 2.09. The number of nitrogens with zero attached hydrogens (tertiary/aromatic N) is 1. The van der Waals surface area contributed by atoms with Gasteiger partial charge in [-0.1, -0.05) is 6.07 Å². The zero-order valence-electron chi connectivity index (χ0n) is 33.1. The number of alkyl halides is 6. The van der Waals surface area contributed by atoms with Crippen molar-refractivity contribution in [2.45, 2.75) is 24.0 Å². The minimum atomic E-state index is -6.81. The molecule has 0 aliphatic carbocycles. The second kappa shape index (κ2) is 16.2. The molecule has 0 saturated carbocycles. The van der Waals surface area contributed by atoms with Crippen molar-refractivity contribution in [2.75, 3.05) is 42.7 Å². The smallest absolute Gasteiger partial charge is 0.504 e. The summed E-state index contributed by atoms with van der Waals surface area (Å²) in [7, 11) is -7.48. The van der Waals surface area contributed by atoms with Gasteiger partial charge in [-0.15, -0.1) is 0 Å². The average Bonchev–Trinajstić information content (AvgIpc) is 3.57. The lowest BCUT2D eigenvalue weighted by Gasteiger charge is -2.20. The van der Waals surface area contributed by atoms with Crippen molar-refractivity contribution < 1.29 is 99.8 Å². The molecule has 338 valence electrons. The van der Waals surface area contributed by atoms with E-state index >= 15 is 0 Å². The first kappa shape index (κ1) is 45.8. The zero-order chi connectivity index (χ0) is 46.7. The summed E-state index contributed by atoms with van der Waals surface area (Å²) in [6.07, 6.45) is -0.446. The number of aromatic hydroxyl groups is 2. The number of phenolic OH excluding ortho intramolecular Hbond substituents is 2. The lowest BCUT2D eigenvalue weighted by molar-refractivity contribution is -0.0504. The molecular weight excluding hydrogens is 905 g/mol. The van der Waals surface area contributed by atoms with Crippen LogP contribution in [0.3, 0.4) is 0 Å². The van der Waals surface area contributed by atoms with Gasteiger partial charge in [-0.05, 0) is 59.2 Å². The number of methoxy groups -OCH3 is 6. The van der Waals surface area contributed by atoms with Gasteiger partial charge < -0.3 is 51.6 Å². The Morgan fingerprint density at radius 2 is 0.937 bits per heavy atom. The third-order valence-electron chi connectivity index (χ3n) is 9.67. The first-order valence-electron chi connectivity index (χ1n) is 17.4. The number of halogens is 6. The molecular formula is C38H31F6NO16S2. The van der Waals surface area contributed by atoms with Crippen molar-refractivity contribution in [1.82, 2.24) is 4.57 Å². The lowest BCUT2D eigenvalue weighted by atomic mass is 9.93. The highest BCUT2D eigenvalue weighted by atomic mass is 32.2. The fourth-order valence-electron chi connectivity index (χ4n) is 6.96. The van der Waals surface area contributed by atoms with Gasteiger partial charge in [-0.2, -0.15) is 43.2 Å². The van der Waals surface area contributed by atoms with E-state index in [1.165, 1.54) is 6.07 Å². The summed E-state index contributed by atoms with van der Waals surface area (Å²) in [5, 5.41) is 17.8. The van der Waals surface area contributed by atoms with E-state index in [2.05, 4.69) is 0 Å². The number of carbonyl (C=O) groups excluding carboxylic acids is 2. The summed E-state index contributed by atoms with van der Waals surface area (Å²) in [4.78, 5) is 27.7. The van der Waals surface area contributed by atoms with Crippen molar-refractivity contribution >= 4 is 75.5 Å². The molecule has 0 saturated heterocycles. The molecule has 0 fully saturated rings. The maximum absolute atomic E-state index is 14.3. The van der Waals surface area contributed by atoms with Crippen molar-refractivity contribution in [1.29, 1.82) is 0 Å². The molecule has 25 heteroatoms. The van der Waals surface area contributed by atoms with Gasteiger partial charge in [0.1, 0.15) is 11.1 Å². The topological polar surface area (TPSA) is 222 Å². The largest absolute Gasteiger partial charge is 0.534 e. The molecule has 2 N–H and O–H groups in total. The average molecular weight is 936 g/mol. The molecule has 0 atom stereocenters. The van der Waals surface area contributed by atoms with E-state index in [1.54, 1.807) is 0 Å². The molecule has 0 bridgehead atoms. The quantitative estimate of drug-likeness (QED) is 0.0399. The maximum atomic E-state index is 14.3. The lowest BCUT2D eigenvalue weighted by Crippen LogP contribution is -2.29. The Kier molecular flexibility index (Phi) is 11.7. The Labute approximate surface area is 350 Å². The van der Waals surface area contributed by atoms with Crippen LogP contribution in [0.5, 0.6) is 46.0 Å². The Hall–Kier alpha value is -6.76. The van der Waals surface area contributed by atoms with Crippen LogP contribution in [0.1, 0.15) is 26.3 Å². The minimum absolute atomic E-state index is 0.0943. The number of aryl methyl sites for hydroxylation is 2. The van der Waals surface area contributed by atoms with E-state index in [9.17, 15) is 63.0 Å².